The summed E-state index contributed by atoms with van der Waals surface area (Å²) < 4.78 is 28.2. The molecule has 0 amide bonds. The van der Waals surface area contributed by atoms with E-state index in [1.54, 1.807) is 12.1 Å². The van der Waals surface area contributed by atoms with E-state index in [1.165, 1.54) is 4.31 Å². The van der Waals surface area contributed by atoms with Crippen LogP contribution in [-0.2, 0) is 10.0 Å². The Balaban J connectivity index is 1.79. The quantitative estimate of drug-likeness (QED) is 0.742. The molecule has 1 heterocycles. The molecule has 0 atom stereocenters. The van der Waals surface area contributed by atoms with Crippen molar-refractivity contribution in [1.29, 1.82) is 0 Å². The Bertz CT molecular complexity index is 835. The number of rotatable bonds is 3. The number of aryl methyl sites for hydroxylation is 1. The zero-order chi connectivity index (χ0) is 17.3. The van der Waals surface area contributed by atoms with Gasteiger partial charge in [0.2, 0.25) is 10.0 Å². The second kappa shape index (κ2) is 7.04. The molecule has 0 bridgehead atoms. The first-order valence-electron chi connectivity index (χ1n) is 7.65. The minimum atomic E-state index is -3.58. The Kier molecular flexibility index (Phi) is 5.20. The molecule has 24 heavy (non-hydrogen) atoms. The third-order valence-electron chi connectivity index (χ3n) is 4.19. The van der Waals surface area contributed by atoms with E-state index < -0.39 is 10.0 Å². The van der Waals surface area contributed by atoms with Gasteiger partial charge in [0.15, 0.2) is 0 Å². The molecule has 2 aromatic rings. The highest BCUT2D eigenvalue weighted by atomic mass is 79.9. The van der Waals surface area contributed by atoms with Gasteiger partial charge in [-0.1, -0.05) is 45.7 Å². The second-order valence-corrected chi connectivity index (χ2v) is 8.93. The molecule has 0 aliphatic carbocycles. The fourth-order valence-electron chi connectivity index (χ4n) is 2.79. The summed E-state index contributed by atoms with van der Waals surface area (Å²) >= 11 is 9.56. The Hall–Kier alpha value is -1.08. The molecule has 0 radical (unpaired) electrons. The molecule has 7 heteroatoms. The molecule has 0 aromatic heterocycles. The summed E-state index contributed by atoms with van der Waals surface area (Å²) in [5, 5.41) is 0.248. The maximum atomic E-state index is 12.9. The Morgan fingerprint density at radius 1 is 1.04 bits per heavy atom. The van der Waals surface area contributed by atoms with E-state index in [0.717, 1.165) is 15.7 Å². The van der Waals surface area contributed by atoms with Crippen LogP contribution in [0.5, 0.6) is 0 Å². The molecule has 128 valence electrons. The summed E-state index contributed by atoms with van der Waals surface area (Å²) in [6.07, 6.45) is 0. The average Bonchev–Trinajstić information content (AvgIpc) is 2.59. The molecule has 3 rings (SSSR count). The van der Waals surface area contributed by atoms with Gasteiger partial charge in [-0.25, -0.2) is 8.42 Å². The monoisotopic (exact) mass is 428 g/mol. The average molecular weight is 430 g/mol. The molecular formula is C17H18BrClN2O2S. The SMILES string of the molecule is Cc1cc(S(=O)(=O)N2CCN(c3ccccc3)CC2)c(Cl)cc1Br. The van der Waals surface area contributed by atoms with Crippen LogP contribution in [0.25, 0.3) is 0 Å². The fourth-order valence-corrected chi connectivity index (χ4v) is 5.28. The first kappa shape index (κ1) is 17.7. The fraction of sp³-hybridized carbons (Fsp3) is 0.294. The zero-order valence-electron chi connectivity index (χ0n) is 13.2. The third-order valence-corrected chi connectivity index (χ3v) is 7.41. The van der Waals surface area contributed by atoms with Crippen molar-refractivity contribution in [2.75, 3.05) is 31.1 Å². The Morgan fingerprint density at radius 2 is 1.67 bits per heavy atom. The minimum Gasteiger partial charge on any atom is -0.369 e. The molecule has 0 unspecified atom stereocenters. The van der Waals surface area contributed by atoms with Gasteiger partial charge in [0, 0.05) is 36.3 Å². The van der Waals surface area contributed by atoms with Crippen molar-refractivity contribution in [2.45, 2.75) is 11.8 Å². The lowest BCUT2D eigenvalue weighted by molar-refractivity contribution is 0.385. The molecule has 0 saturated carbocycles. The molecule has 0 N–H and O–H groups in total. The van der Waals surface area contributed by atoms with Crippen LogP contribution in [0, 0.1) is 6.92 Å². The van der Waals surface area contributed by atoms with Crippen LogP contribution in [0.15, 0.2) is 51.8 Å². The predicted octanol–water partition coefficient (Wildman–Crippen LogP) is 3.92. The van der Waals surface area contributed by atoms with Crippen molar-refractivity contribution in [1.82, 2.24) is 4.31 Å². The number of benzene rings is 2. The van der Waals surface area contributed by atoms with E-state index in [0.29, 0.717) is 26.2 Å². The van der Waals surface area contributed by atoms with Crippen molar-refractivity contribution in [3.63, 3.8) is 0 Å². The van der Waals surface area contributed by atoms with E-state index in [1.807, 2.05) is 37.3 Å². The van der Waals surface area contributed by atoms with Crippen molar-refractivity contribution in [3.05, 3.63) is 57.5 Å². The van der Waals surface area contributed by atoms with Crippen LogP contribution < -0.4 is 4.90 Å². The van der Waals surface area contributed by atoms with Crippen molar-refractivity contribution >= 4 is 43.2 Å². The smallest absolute Gasteiger partial charge is 0.244 e. The van der Waals surface area contributed by atoms with Crippen molar-refractivity contribution in [3.8, 4) is 0 Å². The highest BCUT2D eigenvalue weighted by molar-refractivity contribution is 9.10. The van der Waals surface area contributed by atoms with Gasteiger partial charge in [0.25, 0.3) is 0 Å². The summed E-state index contributed by atoms with van der Waals surface area (Å²) in [7, 11) is -3.58. The summed E-state index contributed by atoms with van der Waals surface area (Å²) in [6, 6.07) is 13.3. The number of nitrogens with zero attached hydrogens (tertiary/aromatic N) is 2. The van der Waals surface area contributed by atoms with Gasteiger partial charge in [-0.15, -0.1) is 0 Å². The summed E-state index contributed by atoms with van der Waals surface area (Å²) in [5.74, 6) is 0. The van der Waals surface area contributed by atoms with Gasteiger partial charge < -0.3 is 4.90 Å². The molecule has 0 spiro atoms. The Morgan fingerprint density at radius 3 is 2.29 bits per heavy atom. The molecule has 4 nitrogen and oxygen atoms in total. The summed E-state index contributed by atoms with van der Waals surface area (Å²) in [6.45, 7) is 4.07. The maximum Gasteiger partial charge on any atom is 0.244 e. The van der Waals surface area contributed by atoms with E-state index in [2.05, 4.69) is 20.8 Å². The number of halogens is 2. The van der Waals surface area contributed by atoms with Gasteiger partial charge in [-0.2, -0.15) is 4.31 Å². The van der Waals surface area contributed by atoms with E-state index in [9.17, 15) is 8.42 Å². The lowest BCUT2D eigenvalue weighted by Crippen LogP contribution is -2.48. The van der Waals surface area contributed by atoms with Gasteiger partial charge in [0.05, 0.1) is 5.02 Å². The molecular weight excluding hydrogens is 412 g/mol. The highest BCUT2D eigenvalue weighted by Crippen LogP contribution is 2.31. The lowest BCUT2D eigenvalue weighted by atomic mass is 10.2. The number of sulfonamides is 1. The number of anilines is 1. The first-order valence-corrected chi connectivity index (χ1v) is 10.3. The molecule has 1 fully saturated rings. The lowest BCUT2D eigenvalue weighted by Gasteiger charge is -2.35. The van der Waals surface area contributed by atoms with Crippen LogP contribution >= 0.6 is 27.5 Å². The zero-order valence-corrected chi connectivity index (χ0v) is 16.4. The number of piperazine rings is 1. The van der Waals surface area contributed by atoms with Gasteiger partial charge >= 0.3 is 0 Å². The molecule has 1 aliphatic heterocycles. The van der Waals surface area contributed by atoms with Crippen LogP contribution in [0.3, 0.4) is 0 Å². The van der Waals surface area contributed by atoms with Gasteiger partial charge in [-0.05, 0) is 36.8 Å². The number of para-hydroxylation sites is 1. The second-order valence-electron chi connectivity index (χ2n) is 5.76. The molecule has 1 saturated heterocycles. The summed E-state index contributed by atoms with van der Waals surface area (Å²) in [4.78, 5) is 2.37. The molecule has 1 aliphatic rings. The van der Waals surface area contributed by atoms with Crippen LogP contribution in [-0.4, -0.2) is 38.9 Å². The van der Waals surface area contributed by atoms with Crippen LogP contribution in [0.4, 0.5) is 5.69 Å². The highest BCUT2D eigenvalue weighted by Gasteiger charge is 2.30. The third kappa shape index (κ3) is 3.47. The maximum absolute atomic E-state index is 12.9. The number of hydrogen-bond donors (Lipinski definition) is 0. The van der Waals surface area contributed by atoms with E-state index in [-0.39, 0.29) is 9.92 Å². The normalized spacial score (nSPS) is 16.4. The van der Waals surface area contributed by atoms with Crippen LogP contribution in [0.2, 0.25) is 5.02 Å². The Labute approximate surface area is 156 Å². The van der Waals surface area contributed by atoms with Gasteiger partial charge in [-0.3, -0.25) is 0 Å². The van der Waals surface area contributed by atoms with E-state index >= 15 is 0 Å². The topological polar surface area (TPSA) is 40.6 Å². The molecule has 2 aromatic carbocycles. The van der Waals surface area contributed by atoms with Crippen molar-refractivity contribution < 1.29 is 8.42 Å². The first-order chi connectivity index (χ1) is 11.4. The summed E-state index contributed by atoms with van der Waals surface area (Å²) in [5.41, 5.74) is 1.97. The predicted molar refractivity (Wildman–Crippen MR) is 101 cm³/mol. The van der Waals surface area contributed by atoms with Crippen LogP contribution in [0.1, 0.15) is 5.56 Å². The minimum absolute atomic E-state index is 0.179. The van der Waals surface area contributed by atoms with Gasteiger partial charge in [0.1, 0.15) is 4.90 Å². The number of hydrogen-bond acceptors (Lipinski definition) is 3. The van der Waals surface area contributed by atoms with Crippen molar-refractivity contribution in [2.24, 2.45) is 0 Å². The van der Waals surface area contributed by atoms with E-state index in [4.69, 9.17) is 11.6 Å². The largest absolute Gasteiger partial charge is 0.369 e. The standard InChI is InChI=1S/C17H18BrClN2O2S/c1-13-11-17(16(19)12-15(13)18)24(22,23)21-9-7-20(8-10-21)14-5-3-2-4-6-14/h2-6,11-12H,7-10H2,1H3.